The van der Waals surface area contributed by atoms with E-state index in [2.05, 4.69) is 0 Å². The Hall–Kier alpha value is -2.36. The first-order chi connectivity index (χ1) is 10.1. The lowest BCUT2D eigenvalue weighted by molar-refractivity contribution is 0.0773. The number of likely N-dealkylation sites (N-methyl/N-ethyl adjacent to an activating group) is 1. The third kappa shape index (κ3) is 4.31. The molecule has 21 heavy (non-hydrogen) atoms. The van der Waals surface area contributed by atoms with Crippen molar-refractivity contribution in [2.45, 2.75) is 6.92 Å². The Labute approximate surface area is 124 Å². The molecule has 0 saturated heterocycles. The zero-order valence-electron chi connectivity index (χ0n) is 12.2. The third-order valence-corrected chi connectivity index (χ3v) is 3.12. The average Bonchev–Trinajstić information content (AvgIpc) is 2.48. The van der Waals surface area contributed by atoms with Gasteiger partial charge < -0.3 is 9.64 Å². The van der Waals surface area contributed by atoms with Crippen molar-refractivity contribution in [2.24, 2.45) is 0 Å². The van der Waals surface area contributed by atoms with Crippen molar-refractivity contribution in [3.05, 3.63) is 65.5 Å². The molecule has 0 aliphatic rings. The van der Waals surface area contributed by atoms with Crippen molar-refractivity contribution in [3.63, 3.8) is 0 Å². The van der Waals surface area contributed by atoms with Crippen molar-refractivity contribution < 1.29 is 13.9 Å². The lowest BCUT2D eigenvalue weighted by Crippen LogP contribution is -2.30. The van der Waals surface area contributed by atoms with Crippen molar-refractivity contribution in [1.82, 2.24) is 4.90 Å². The van der Waals surface area contributed by atoms with E-state index < -0.39 is 0 Å². The van der Waals surface area contributed by atoms with Crippen LogP contribution in [0.25, 0.3) is 0 Å². The number of halogens is 1. The van der Waals surface area contributed by atoms with Gasteiger partial charge in [-0.25, -0.2) is 4.39 Å². The highest BCUT2D eigenvalue weighted by atomic mass is 19.1. The fraction of sp³-hybridized carbons (Fsp3) is 0.235. The van der Waals surface area contributed by atoms with Gasteiger partial charge in [0.2, 0.25) is 0 Å². The van der Waals surface area contributed by atoms with Crippen LogP contribution in [0.4, 0.5) is 4.39 Å². The monoisotopic (exact) mass is 287 g/mol. The molecule has 0 spiro atoms. The van der Waals surface area contributed by atoms with Gasteiger partial charge in [0, 0.05) is 12.6 Å². The quantitative estimate of drug-likeness (QED) is 0.844. The number of aryl methyl sites for hydroxylation is 1. The molecule has 2 aromatic rings. The van der Waals surface area contributed by atoms with Crippen LogP contribution in [0.5, 0.6) is 5.75 Å². The molecule has 1 amide bonds. The second kappa shape index (κ2) is 6.88. The summed E-state index contributed by atoms with van der Waals surface area (Å²) < 4.78 is 18.2. The zero-order valence-corrected chi connectivity index (χ0v) is 12.2. The van der Waals surface area contributed by atoms with Crippen molar-refractivity contribution >= 4 is 5.91 Å². The van der Waals surface area contributed by atoms with Crippen molar-refractivity contribution in [3.8, 4) is 5.75 Å². The number of benzene rings is 2. The van der Waals surface area contributed by atoms with E-state index in [9.17, 15) is 9.18 Å². The summed E-state index contributed by atoms with van der Waals surface area (Å²) in [5.74, 6) is 0.253. The minimum Gasteiger partial charge on any atom is -0.492 e. The third-order valence-electron chi connectivity index (χ3n) is 3.12. The Kier molecular flexibility index (Phi) is 4.93. The molecule has 2 aromatic carbocycles. The summed E-state index contributed by atoms with van der Waals surface area (Å²) in [7, 11) is 1.73. The molecule has 0 unspecified atom stereocenters. The van der Waals surface area contributed by atoms with Crippen LogP contribution in [0.3, 0.4) is 0 Å². The van der Waals surface area contributed by atoms with Gasteiger partial charge in [-0.2, -0.15) is 0 Å². The number of amides is 1. The van der Waals surface area contributed by atoms with Gasteiger partial charge in [0.1, 0.15) is 18.2 Å². The molecule has 2 rings (SSSR count). The Morgan fingerprint density at radius 1 is 1.19 bits per heavy atom. The number of hydrogen-bond donors (Lipinski definition) is 0. The molecule has 0 aromatic heterocycles. The normalized spacial score (nSPS) is 10.2. The molecule has 0 aliphatic carbocycles. The van der Waals surface area contributed by atoms with Crippen LogP contribution in [0.1, 0.15) is 15.9 Å². The largest absolute Gasteiger partial charge is 0.492 e. The van der Waals surface area contributed by atoms with E-state index >= 15 is 0 Å². The van der Waals surface area contributed by atoms with Crippen LogP contribution in [0.15, 0.2) is 48.5 Å². The van der Waals surface area contributed by atoms with Gasteiger partial charge >= 0.3 is 0 Å². The van der Waals surface area contributed by atoms with E-state index in [-0.39, 0.29) is 11.7 Å². The smallest absolute Gasteiger partial charge is 0.253 e. The number of carbonyl (C=O) groups excluding carboxylic acids is 1. The predicted octanol–water partition coefficient (Wildman–Crippen LogP) is 3.29. The summed E-state index contributed by atoms with van der Waals surface area (Å²) >= 11 is 0. The highest BCUT2D eigenvalue weighted by Crippen LogP contribution is 2.11. The molecule has 110 valence electrons. The van der Waals surface area contributed by atoms with Crippen LogP contribution in [0, 0.1) is 12.7 Å². The van der Waals surface area contributed by atoms with Crippen molar-refractivity contribution in [2.75, 3.05) is 20.2 Å². The first-order valence-corrected chi connectivity index (χ1v) is 6.77. The molecule has 4 heteroatoms. The zero-order chi connectivity index (χ0) is 15.2. The van der Waals surface area contributed by atoms with E-state index in [1.807, 2.05) is 25.1 Å². The summed E-state index contributed by atoms with van der Waals surface area (Å²) in [6, 6.07) is 13.3. The predicted molar refractivity (Wildman–Crippen MR) is 80.0 cm³/mol. The number of ether oxygens (including phenoxy) is 1. The van der Waals surface area contributed by atoms with Gasteiger partial charge in [0.05, 0.1) is 6.54 Å². The number of hydrogen-bond acceptors (Lipinski definition) is 2. The maximum absolute atomic E-state index is 12.8. The summed E-state index contributed by atoms with van der Waals surface area (Å²) in [4.78, 5) is 13.8. The minimum absolute atomic E-state index is 0.0404. The molecular weight excluding hydrogens is 269 g/mol. The SMILES string of the molecule is Cc1cccc(C(=O)N(C)CCOc2ccc(F)cc2)c1. The van der Waals surface area contributed by atoms with E-state index in [0.717, 1.165) is 5.56 Å². The van der Waals surface area contributed by atoms with E-state index in [1.54, 1.807) is 30.1 Å². The summed E-state index contributed by atoms with van der Waals surface area (Å²) in [6.07, 6.45) is 0. The topological polar surface area (TPSA) is 29.5 Å². The van der Waals surface area contributed by atoms with Crippen LogP contribution in [-0.4, -0.2) is 31.0 Å². The van der Waals surface area contributed by atoms with Crippen molar-refractivity contribution in [1.29, 1.82) is 0 Å². The maximum Gasteiger partial charge on any atom is 0.253 e. The van der Waals surface area contributed by atoms with Crippen LogP contribution >= 0.6 is 0 Å². The van der Waals surface area contributed by atoms with Gasteiger partial charge in [-0.15, -0.1) is 0 Å². The number of carbonyl (C=O) groups is 1. The van der Waals surface area contributed by atoms with Gasteiger partial charge in [0.25, 0.3) is 5.91 Å². The Morgan fingerprint density at radius 3 is 2.57 bits per heavy atom. The van der Waals surface area contributed by atoms with E-state index in [4.69, 9.17) is 4.74 Å². The molecular formula is C17H18FNO2. The highest BCUT2D eigenvalue weighted by molar-refractivity contribution is 5.94. The fourth-order valence-corrected chi connectivity index (χ4v) is 1.93. The number of nitrogens with zero attached hydrogens (tertiary/aromatic N) is 1. The molecule has 3 nitrogen and oxygen atoms in total. The van der Waals surface area contributed by atoms with Crippen LogP contribution < -0.4 is 4.74 Å². The Bertz CT molecular complexity index is 610. The summed E-state index contributed by atoms with van der Waals surface area (Å²) in [6.45, 7) is 2.78. The molecule has 0 atom stereocenters. The Morgan fingerprint density at radius 2 is 1.90 bits per heavy atom. The Balaban J connectivity index is 1.85. The van der Waals surface area contributed by atoms with E-state index in [1.165, 1.54) is 12.1 Å². The lowest BCUT2D eigenvalue weighted by Gasteiger charge is -2.17. The standard InChI is InChI=1S/C17H18FNO2/c1-13-4-3-5-14(12-13)17(20)19(2)10-11-21-16-8-6-15(18)7-9-16/h3-9,12H,10-11H2,1-2H3. The summed E-state index contributed by atoms with van der Waals surface area (Å²) in [5.41, 5.74) is 1.72. The molecule has 0 N–H and O–H groups in total. The average molecular weight is 287 g/mol. The molecule has 0 fully saturated rings. The second-order valence-corrected chi connectivity index (χ2v) is 4.90. The molecule has 0 bridgehead atoms. The molecule has 0 saturated carbocycles. The molecule has 0 aliphatic heterocycles. The van der Waals surface area contributed by atoms with Crippen LogP contribution in [-0.2, 0) is 0 Å². The van der Waals surface area contributed by atoms with Gasteiger partial charge in [0.15, 0.2) is 0 Å². The molecule has 0 heterocycles. The van der Waals surface area contributed by atoms with Gasteiger partial charge in [-0.05, 0) is 43.3 Å². The molecule has 0 radical (unpaired) electrons. The summed E-state index contributed by atoms with van der Waals surface area (Å²) in [5, 5.41) is 0. The van der Waals surface area contributed by atoms with E-state index in [0.29, 0.717) is 24.5 Å². The number of rotatable bonds is 5. The maximum atomic E-state index is 12.8. The first-order valence-electron chi connectivity index (χ1n) is 6.77. The van der Waals surface area contributed by atoms with Crippen LogP contribution in [0.2, 0.25) is 0 Å². The fourth-order valence-electron chi connectivity index (χ4n) is 1.93. The minimum atomic E-state index is -0.297. The lowest BCUT2D eigenvalue weighted by atomic mass is 10.1. The van der Waals surface area contributed by atoms with Gasteiger partial charge in [-0.1, -0.05) is 17.7 Å². The van der Waals surface area contributed by atoms with Gasteiger partial charge in [-0.3, -0.25) is 4.79 Å². The second-order valence-electron chi connectivity index (χ2n) is 4.90. The highest BCUT2D eigenvalue weighted by Gasteiger charge is 2.11. The first kappa shape index (κ1) is 15.0.